The molecule has 0 atom stereocenters. The van der Waals surface area contributed by atoms with E-state index in [1.807, 2.05) is 42.5 Å². The van der Waals surface area contributed by atoms with Gasteiger partial charge < -0.3 is 0 Å². The molecule has 0 bridgehead atoms. The molecule has 0 aliphatic carbocycles. The molecule has 1 aliphatic rings. The van der Waals surface area contributed by atoms with Crippen molar-refractivity contribution in [3.8, 4) is 11.4 Å². The minimum absolute atomic E-state index is 0.592. The lowest BCUT2D eigenvalue weighted by Crippen LogP contribution is -2.14. The quantitative estimate of drug-likeness (QED) is 0.670. The molecule has 0 unspecified atom stereocenters. The Hall–Kier alpha value is -1.82. The highest BCUT2D eigenvalue weighted by Gasteiger charge is 2.21. The maximum atomic E-state index is 6.31. The van der Waals surface area contributed by atoms with E-state index in [9.17, 15) is 0 Å². The highest BCUT2D eigenvalue weighted by atomic mass is 35.5. The van der Waals surface area contributed by atoms with Crippen molar-refractivity contribution in [2.75, 3.05) is 5.75 Å². The zero-order valence-electron chi connectivity index (χ0n) is 11.8. The normalized spacial score (nSPS) is 13.6. The molecule has 114 valence electrons. The maximum absolute atomic E-state index is 6.31. The lowest BCUT2D eigenvalue weighted by molar-refractivity contribution is 0.762. The van der Waals surface area contributed by atoms with E-state index in [0.29, 0.717) is 15.8 Å². The molecule has 0 saturated carbocycles. The van der Waals surface area contributed by atoms with Crippen LogP contribution in [0.5, 0.6) is 0 Å². The molecule has 4 rings (SSSR count). The number of halogens is 2. The molecule has 0 spiro atoms. The molecule has 1 aromatic heterocycles. The Morgan fingerprint density at radius 2 is 1.83 bits per heavy atom. The van der Waals surface area contributed by atoms with Gasteiger partial charge in [-0.2, -0.15) is 9.78 Å². The fourth-order valence-corrected chi connectivity index (χ4v) is 3.70. The average molecular weight is 361 g/mol. The van der Waals surface area contributed by atoms with Crippen LogP contribution in [0, 0.1) is 0 Å². The van der Waals surface area contributed by atoms with Crippen LogP contribution in [0.15, 0.2) is 58.8 Å². The van der Waals surface area contributed by atoms with Crippen LogP contribution in [-0.2, 0) is 0 Å². The van der Waals surface area contributed by atoms with E-state index in [2.05, 4.69) is 10.2 Å². The Balaban J connectivity index is 1.82. The predicted molar refractivity (Wildman–Crippen MR) is 94.6 cm³/mol. The largest absolute Gasteiger partial charge is 0.212 e. The number of nitrogens with zero attached hydrogens (tertiary/aromatic N) is 4. The van der Waals surface area contributed by atoms with E-state index in [-0.39, 0.29) is 0 Å². The van der Waals surface area contributed by atoms with Gasteiger partial charge in [0.15, 0.2) is 5.82 Å². The Labute approximate surface area is 147 Å². The Morgan fingerprint density at radius 3 is 2.61 bits per heavy atom. The van der Waals surface area contributed by atoms with Crippen molar-refractivity contribution in [3.63, 3.8) is 0 Å². The van der Waals surface area contributed by atoms with Crippen LogP contribution in [0.25, 0.3) is 11.4 Å². The molecule has 0 N–H and O–H groups in total. The Morgan fingerprint density at radius 1 is 1.00 bits per heavy atom. The number of aromatic nitrogens is 3. The first-order valence-corrected chi connectivity index (χ1v) is 8.63. The van der Waals surface area contributed by atoms with Gasteiger partial charge in [0.2, 0.25) is 5.16 Å². The van der Waals surface area contributed by atoms with Gasteiger partial charge >= 0.3 is 0 Å². The molecular formula is C16H10Cl2N4S. The molecule has 0 saturated heterocycles. The first kappa shape index (κ1) is 14.8. The highest BCUT2D eigenvalue weighted by molar-refractivity contribution is 7.99. The topological polar surface area (TPSA) is 43.1 Å². The van der Waals surface area contributed by atoms with Crippen LogP contribution in [-0.4, -0.2) is 26.3 Å². The maximum Gasteiger partial charge on any atom is 0.212 e. The summed E-state index contributed by atoms with van der Waals surface area (Å²) in [4.78, 5) is 0. The molecule has 0 radical (unpaired) electrons. The standard InChI is InChI=1S/C16H10Cl2N4S/c17-11-6-7-12(13(18)8-11)14-9-23-16-20-19-15(22(16)21-14)10-4-2-1-3-5-10/h1-8H,9H2. The summed E-state index contributed by atoms with van der Waals surface area (Å²) in [7, 11) is 0. The highest BCUT2D eigenvalue weighted by Crippen LogP contribution is 2.30. The van der Waals surface area contributed by atoms with E-state index >= 15 is 0 Å². The van der Waals surface area contributed by atoms with Crippen LogP contribution < -0.4 is 0 Å². The summed E-state index contributed by atoms with van der Waals surface area (Å²) in [5.74, 6) is 1.41. The fourth-order valence-electron chi connectivity index (χ4n) is 2.35. The smallest absolute Gasteiger partial charge is 0.187 e. The second kappa shape index (κ2) is 6.00. The second-order valence-electron chi connectivity index (χ2n) is 4.94. The third kappa shape index (κ3) is 2.76. The molecule has 2 aromatic carbocycles. The monoisotopic (exact) mass is 360 g/mol. The molecule has 1 aliphatic heterocycles. The molecule has 0 amide bonds. The van der Waals surface area contributed by atoms with Gasteiger partial charge in [-0.15, -0.1) is 10.2 Å². The second-order valence-corrected chi connectivity index (χ2v) is 6.73. The van der Waals surface area contributed by atoms with Gasteiger partial charge in [-0.25, -0.2) is 0 Å². The summed E-state index contributed by atoms with van der Waals surface area (Å²) >= 11 is 13.9. The summed E-state index contributed by atoms with van der Waals surface area (Å²) in [6.07, 6.45) is 0. The van der Waals surface area contributed by atoms with Gasteiger partial charge in [-0.1, -0.05) is 71.4 Å². The summed E-state index contributed by atoms with van der Waals surface area (Å²) in [5, 5.41) is 15.2. The third-order valence-corrected chi connectivity index (χ3v) is 4.92. The van der Waals surface area contributed by atoms with Gasteiger partial charge in [0.05, 0.1) is 10.7 Å². The SMILES string of the molecule is Clc1ccc(C2=Nn3c(nnc3-c3ccccc3)SC2)c(Cl)c1. The van der Waals surface area contributed by atoms with Crippen molar-refractivity contribution in [2.45, 2.75) is 5.16 Å². The van der Waals surface area contributed by atoms with Crippen molar-refractivity contribution in [1.82, 2.24) is 14.9 Å². The van der Waals surface area contributed by atoms with Gasteiger partial charge in [-0.05, 0) is 12.1 Å². The van der Waals surface area contributed by atoms with E-state index in [0.717, 1.165) is 27.8 Å². The first-order chi connectivity index (χ1) is 11.2. The summed E-state index contributed by atoms with van der Waals surface area (Å²) < 4.78 is 1.77. The van der Waals surface area contributed by atoms with E-state index < -0.39 is 0 Å². The first-order valence-electron chi connectivity index (χ1n) is 6.89. The van der Waals surface area contributed by atoms with Gasteiger partial charge in [0, 0.05) is 21.9 Å². The molecule has 7 heteroatoms. The number of rotatable bonds is 2. The average Bonchev–Trinajstić information content (AvgIpc) is 2.99. The van der Waals surface area contributed by atoms with Gasteiger partial charge in [0.1, 0.15) is 0 Å². The van der Waals surface area contributed by atoms with Crippen LogP contribution >= 0.6 is 35.0 Å². The number of thioether (sulfide) groups is 1. The van der Waals surface area contributed by atoms with Crippen molar-refractivity contribution in [1.29, 1.82) is 0 Å². The fraction of sp³-hybridized carbons (Fsp3) is 0.0625. The molecular weight excluding hydrogens is 351 g/mol. The lowest BCUT2D eigenvalue weighted by Gasteiger charge is -2.15. The van der Waals surface area contributed by atoms with E-state index in [1.165, 1.54) is 0 Å². The minimum Gasteiger partial charge on any atom is -0.187 e. The lowest BCUT2D eigenvalue weighted by atomic mass is 10.1. The Bertz CT molecular complexity index is 906. The summed E-state index contributed by atoms with van der Waals surface area (Å²) in [5.41, 5.74) is 2.72. The zero-order valence-corrected chi connectivity index (χ0v) is 14.1. The minimum atomic E-state index is 0.592. The third-order valence-electron chi connectivity index (χ3n) is 3.44. The molecule has 0 fully saturated rings. The molecule has 4 nitrogen and oxygen atoms in total. The summed E-state index contributed by atoms with van der Waals surface area (Å²) in [6.45, 7) is 0. The predicted octanol–water partition coefficient (Wildman–Crippen LogP) is 4.61. The van der Waals surface area contributed by atoms with Crippen LogP contribution in [0.1, 0.15) is 5.56 Å². The number of benzene rings is 2. The number of fused-ring (bicyclic) bond motifs is 1. The van der Waals surface area contributed by atoms with Gasteiger partial charge in [0.25, 0.3) is 0 Å². The van der Waals surface area contributed by atoms with E-state index in [1.54, 1.807) is 22.5 Å². The van der Waals surface area contributed by atoms with Crippen molar-refractivity contribution < 1.29 is 0 Å². The van der Waals surface area contributed by atoms with Crippen molar-refractivity contribution in [2.24, 2.45) is 5.10 Å². The van der Waals surface area contributed by atoms with Crippen molar-refractivity contribution >= 4 is 40.7 Å². The Kier molecular flexibility index (Phi) is 3.85. The number of hydrogen-bond donors (Lipinski definition) is 0. The molecule has 23 heavy (non-hydrogen) atoms. The van der Waals surface area contributed by atoms with Crippen LogP contribution in [0.2, 0.25) is 10.0 Å². The number of hydrogen-bond acceptors (Lipinski definition) is 4. The van der Waals surface area contributed by atoms with Gasteiger partial charge in [-0.3, -0.25) is 0 Å². The van der Waals surface area contributed by atoms with Crippen LogP contribution in [0.4, 0.5) is 0 Å². The van der Waals surface area contributed by atoms with E-state index in [4.69, 9.17) is 28.3 Å². The van der Waals surface area contributed by atoms with Crippen LogP contribution in [0.3, 0.4) is 0 Å². The molecule has 2 heterocycles. The zero-order chi connectivity index (χ0) is 15.8. The van der Waals surface area contributed by atoms with Crippen molar-refractivity contribution in [3.05, 3.63) is 64.1 Å². The molecule has 3 aromatic rings. The summed E-state index contributed by atoms with van der Waals surface area (Å²) in [6, 6.07) is 15.3.